The number of nitriles is 1. The summed E-state index contributed by atoms with van der Waals surface area (Å²) in [5, 5.41) is 15.2. The second-order valence-electron chi connectivity index (χ2n) is 4.12. The van der Waals surface area contributed by atoms with Crippen LogP contribution in [0.25, 0.3) is 0 Å². The number of rotatable bonds is 4. The predicted molar refractivity (Wildman–Crippen MR) is 73.4 cm³/mol. The van der Waals surface area contributed by atoms with Gasteiger partial charge < -0.3 is 0 Å². The lowest BCUT2D eigenvalue weighted by Crippen LogP contribution is -2.26. The molecule has 20 heavy (non-hydrogen) atoms. The fourth-order valence-electron chi connectivity index (χ4n) is 1.65. The van der Waals surface area contributed by atoms with Crippen LogP contribution >= 0.6 is 11.6 Å². The largest absolute Gasteiger partial charge is 0.285 e. The van der Waals surface area contributed by atoms with Crippen molar-refractivity contribution in [2.45, 2.75) is 11.4 Å². The van der Waals surface area contributed by atoms with Gasteiger partial charge in [0, 0.05) is 25.4 Å². The Hall–Kier alpha value is -1.88. The lowest BCUT2D eigenvalue weighted by atomic mass is 10.2. The molecule has 1 aromatic carbocycles. The van der Waals surface area contributed by atoms with Gasteiger partial charge in [-0.05, 0) is 18.2 Å². The lowest BCUT2D eigenvalue weighted by molar-refractivity contribution is 0.467. The molecule has 0 amide bonds. The summed E-state index contributed by atoms with van der Waals surface area (Å²) in [7, 11) is -2.27. The van der Waals surface area contributed by atoms with E-state index in [-0.39, 0.29) is 16.5 Å². The standard InChI is InChI=1S/C12H11ClN4O2S/c1-17(8-10-6-15-16-7-10)20(18,19)12-3-2-9(5-14)4-11(12)13/h2-4,6-7H,8H2,1H3,(H,15,16). The number of H-pyrrole nitrogens is 1. The number of sulfonamides is 1. The number of nitrogens with one attached hydrogen (secondary N) is 1. The van der Waals surface area contributed by atoms with Crippen LogP contribution < -0.4 is 0 Å². The van der Waals surface area contributed by atoms with E-state index in [4.69, 9.17) is 16.9 Å². The van der Waals surface area contributed by atoms with Crippen molar-refractivity contribution in [1.82, 2.24) is 14.5 Å². The summed E-state index contributed by atoms with van der Waals surface area (Å²) >= 11 is 5.94. The van der Waals surface area contributed by atoms with Crippen molar-refractivity contribution in [2.24, 2.45) is 0 Å². The normalized spacial score (nSPS) is 11.5. The lowest BCUT2D eigenvalue weighted by Gasteiger charge is -2.17. The third-order valence-electron chi connectivity index (χ3n) is 2.71. The number of halogens is 1. The average Bonchev–Trinajstić information content (AvgIpc) is 2.91. The molecule has 0 saturated heterocycles. The van der Waals surface area contributed by atoms with E-state index >= 15 is 0 Å². The van der Waals surface area contributed by atoms with E-state index in [9.17, 15) is 8.42 Å². The van der Waals surface area contributed by atoms with Crippen molar-refractivity contribution < 1.29 is 8.42 Å². The minimum atomic E-state index is -3.72. The first-order valence-electron chi connectivity index (χ1n) is 5.59. The number of nitrogens with zero attached hydrogens (tertiary/aromatic N) is 3. The summed E-state index contributed by atoms with van der Waals surface area (Å²) in [5.41, 5.74) is 1.05. The summed E-state index contributed by atoms with van der Waals surface area (Å²) in [6.07, 6.45) is 3.17. The molecular weight excluding hydrogens is 300 g/mol. The molecule has 104 valence electrons. The second kappa shape index (κ2) is 5.63. The maximum atomic E-state index is 12.4. The number of benzene rings is 1. The van der Waals surface area contributed by atoms with Crippen molar-refractivity contribution in [1.29, 1.82) is 5.26 Å². The Balaban J connectivity index is 2.33. The molecule has 6 nitrogen and oxygen atoms in total. The summed E-state index contributed by atoms with van der Waals surface area (Å²) in [4.78, 5) is -0.0239. The van der Waals surface area contributed by atoms with Gasteiger partial charge in [0.15, 0.2) is 0 Å². The molecule has 1 heterocycles. The van der Waals surface area contributed by atoms with Crippen molar-refractivity contribution >= 4 is 21.6 Å². The van der Waals surface area contributed by atoms with Crippen molar-refractivity contribution in [3.8, 4) is 6.07 Å². The molecule has 1 aromatic heterocycles. The Morgan fingerprint density at radius 1 is 1.50 bits per heavy atom. The Labute approximate surface area is 121 Å². The van der Waals surface area contributed by atoms with Gasteiger partial charge in [0.25, 0.3) is 0 Å². The maximum Gasteiger partial charge on any atom is 0.244 e. The predicted octanol–water partition coefficient (Wildman–Crippen LogP) is 1.76. The Morgan fingerprint density at radius 3 is 2.80 bits per heavy atom. The third-order valence-corrected chi connectivity index (χ3v) is 5.00. The van der Waals surface area contributed by atoms with E-state index in [0.29, 0.717) is 5.56 Å². The van der Waals surface area contributed by atoms with Crippen LogP contribution in [0.3, 0.4) is 0 Å². The molecule has 0 radical (unpaired) electrons. The van der Waals surface area contributed by atoms with Crippen LogP contribution in [0, 0.1) is 11.3 Å². The van der Waals surface area contributed by atoms with E-state index in [1.807, 2.05) is 6.07 Å². The van der Waals surface area contributed by atoms with Crippen LogP contribution in [0.15, 0.2) is 35.5 Å². The van der Waals surface area contributed by atoms with Crippen LogP contribution in [-0.2, 0) is 16.6 Å². The Morgan fingerprint density at radius 2 is 2.25 bits per heavy atom. The van der Waals surface area contributed by atoms with Gasteiger partial charge in [0.1, 0.15) is 4.90 Å². The Bertz CT molecular complexity index is 750. The molecule has 0 unspecified atom stereocenters. The van der Waals surface area contributed by atoms with Crippen LogP contribution in [0.5, 0.6) is 0 Å². The van der Waals surface area contributed by atoms with E-state index in [2.05, 4.69) is 10.2 Å². The van der Waals surface area contributed by atoms with E-state index in [0.717, 1.165) is 5.56 Å². The molecule has 2 rings (SSSR count). The number of aromatic amines is 1. The van der Waals surface area contributed by atoms with E-state index in [1.54, 1.807) is 12.4 Å². The molecule has 1 N–H and O–H groups in total. The van der Waals surface area contributed by atoms with Crippen LogP contribution in [-0.4, -0.2) is 30.0 Å². The molecule has 0 atom stereocenters. The molecule has 0 aliphatic rings. The third kappa shape index (κ3) is 2.82. The quantitative estimate of drug-likeness (QED) is 0.931. The highest BCUT2D eigenvalue weighted by Crippen LogP contribution is 2.25. The second-order valence-corrected chi connectivity index (χ2v) is 6.55. The monoisotopic (exact) mass is 310 g/mol. The van der Waals surface area contributed by atoms with Gasteiger partial charge in [-0.2, -0.15) is 14.7 Å². The first kappa shape index (κ1) is 14.5. The number of hydrogen-bond donors (Lipinski definition) is 1. The molecule has 8 heteroatoms. The van der Waals surface area contributed by atoms with Gasteiger partial charge in [-0.3, -0.25) is 5.10 Å². The maximum absolute atomic E-state index is 12.4. The first-order chi connectivity index (χ1) is 9.45. The highest BCUT2D eigenvalue weighted by atomic mass is 35.5. The zero-order valence-corrected chi connectivity index (χ0v) is 12.1. The minimum Gasteiger partial charge on any atom is -0.285 e. The van der Waals surface area contributed by atoms with Crippen LogP contribution in [0.2, 0.25) is 5.02 Å². The average molecular weight is 311 g/mol. The van der Waals surface area contributed by atoms with Crippen molar-refractivity contribution in [2.75, 3.05) is 7.05 Å². The van der Waals surface area contributed by atoms with Gasteiger partial charge in [-0.1, -0.05) is 11.6 Å². The first-order valence-corrected chi connectivity index (χ1v) is 7.40. The minimum absolute atomic E-state index is 0.0239. The van der Waals surface area contributed by atoms with Crippen molar-refractivity contribution in [3.63, 3.8) is 0 Å². The smallest absolute Gasteiger partial charge is 0.244 e. The van der Waals surface area contributed by atoms with E-state index < -0.39 is 10.0 Å². The van der Waals surface area contributed by atoms with Crippen LogP contribution in [0.4, 0.5) is 0 Å². The van der Waals surface area contributed by atoms with Gasteiger partial charge >= 0.3 is 0 Å². The molecule has 0 aliphatic carbocycles. The van der Waals surface area contributed by atoms with Gasteiger partial charge in [-0.25, -0.2) is 8.42 Å². The van der Waals surface area contributed by atoms with E-state index in [1.165, 1.54) is 29.6 Å². The highest BCUT2D eigenvalue weighted by Gasteiger charge is 2.24. The molecule has 0 spiro atoms. The summed E-state index contributed by atoms with van der Waals surface area (Å²) in [6.45, 7) is 0.176. The summed E-state index contributed by atoms with van der Waals surface area (Å²) in [5.74, 6) is 0. The van der Waals surface area contributed by atoms with Gasteiger partial charge in [0.2, 0.25) is 10.0 Å². The molecule has 0 aliphatic heterocycles. The zero-order valence-electron chi connectivity index (χ0n) is 10.5. The summed E-state index contributed by atoms with van der Waals surface area (Å²) in [6, 6.07) is 6.00. The zero-order chi connectivity index (χ0) is 14.8. The number of aromatic nitrogens is 2. The number of hydrogen-bond acceptors (Lipinski definition) is 4. The Kier molecular flexibility index (Phi) is 4.09. The topological polar surface area (TPSA) is 89.8 Å². The molecule has 0 saturated carbocycles. The van der Waals surface area contributed by atoms with Gasteiger partial charge in [-0.15, -0.1) is 0 Å². The summed E-state index contributed by atoms with van der Waals surface area (Å²) < 4.78 is 26.0. The highest BCUT2D eigenvalue weighted by molar-refractivity contribution is 7.89. The van der Waals surface area contributed by atoms with Crippen LogP contribution in [0.1, 0.15) is 11.1 Å². The SMILES string of the molecule is CN(Cc1cn[nH]c1)S(=O)(=O)c1ccc(C#N)cc1Cl. The molecule has 0 bridgehead atoms. The molecule has 0 fully saturated rings. The fourth-order valence-corrected chi connectivity index (χ4v) is 3.33. The van der Waals surface area contributed by atoms with Gasteiger partial charge in [0.05, 0.1) is 22.9 Å². The molecule has 2 aromatic rings. The molecular formula is C12H11ClN4O2S. The fraction of sp³-hybridized carbons (Fsp3) is 0.167. The van der Waals surface area contributed by atoms with Crippen molar-refractivity contribution in [3.05, 3.63) is 46.7 Å².